The van der Waals surface area contributed by atoms with Crippen LogP contribution in [0.2, 0.25) is 0 Å². The van der Waals surface area contributed by atoms with Gasteiger partial charge in [-0.15, -0.1) is 11.3 Å². The average molecular weight is 286 g/mol. The zero-order valence-electron chi connectivity index (χ0n) is 10.5. The van der Waals surface area contributed by atoms with Gasteiger partial charge in [-0.05, 0) is 18.4 Å². The average Bonchev–Trinajstić information content (AvgIpc) is 2.84. The molecule has 100 valence electrons. The van der Waals surface area contributed by atoms with Gasteiger partial charge in [0.1, 0.15) is 6.04 Å². The van der Waals surface area contributed by atoms with Gasteiger partial charge in [0.2, 0.25) is 11.8 Å². The molecular weight excluding hydrogens is 268 g/mol. The Morgan fingerprint density at radius 1 is 1.56 bits per heavy atom. The number of hydrogen-bond acceptors (Lipinski definition) is 4. The molecule has 0 bridgehead atoms. The van der Waals surface area contributed by atoms with Crippen LogP contribution in [0.15, 0.2) is 17.5 Å². The Bertz CT molecular complexity index is 393. The van der Waals surface area contributed by atoms with Gasteiger partial charge in [0.15, 0.2) is 0 Å². The zero-order chi connectivity index (χ0) is 13.5. The molecule has 18 heavy (non-hydrogen) atoms. The predicted octanol–water partition coefficient (Wildman–Crippen LogP) is 1.53. The van der Waals surface area contributed by atoms with Gasteiger partial charge in [-0.3, -0.25) is 9.59 Å². The van der Waals surface area contributed by atoms with Crippen LogP contribution in [0, 0.1) is 0 Å². The number of hydrogen-bond donors (Lipinski definition) is 2. The molecule has 0 radical (unpaired) electrons. The van der Waals surface area contributed by atoms with Crippen molar-refractivity contribution in [3.8, 4) is 0 Å². The topological polar surface area (TPSA) is 49.4 Å². The van der Waals surface area contributed by atoms with Crippen LogP contribution in [0.1, 0.15) is 18.7 Å². The third-order valence-corrected chi connectivity index (χ3v) is 3.70. The quantitative estimate of drug-likeness (QED) is 0.779. The third-order valence-electron chi connectivity index (χ3n) is 2.48. The Labute approximate surface area is 117 Å². The normalized spacial score (nSPS) is 11.9. The second-order valence-electron chi connectivity index (χ2n) is 3.87. The first-order chi connectivity index (χ1) is 8.58. The Hall–Kier alpha value is -1.01. The van der Waals surface area contributed by atoms with E-state index >= 15 is 0 Å². The van der Waals surface area contributed by atoms with Crippen molar-refractivity contribution in [1.29, 1.82) is 0 Å². The maximum Gasteiger partial charge on any atom is 0.246 e. The van der Waals surface area contributed by atoms with Crippen molar-refractivity contribution >= 4 is 35.8 Å². The summed E-state index contributed by atoms with van der Waals surface area (Å²) in [6, 6.07) is 3.41. The minimum Gasteiger partial charge on any atom is -0.344 e. The Morgan fingerprint density at radius 2 is 2.28 bits per heavy atom. The van der Waals surface area contributed by atoms with E-state index in [1.165, 1.54) is 6.92 Å². The molecule has 0 aliphatic carbocycles. The highest BCUT2D eigenvalue weighted by atomic mass is 32.1. The van der Waals surface area contributed by atoms with Crippen molar-refractivity contribution in [3.05, 3.63) is 22.4 Å². The smallest absolute Gasteiger partial charge is 0.246 e. The second kappa shape index (κ2) is 7.43. The molecule has 0 aliphatic rings. The first-order valence-corrected chi connectivity index (χ1v) is 7.28. The van der Waals surface area contributed by atoms with Crippen LogP contribution in [0.4, 0.5) is 0 Å². The minimum absolute atomic E-state index is 0.0869. The molecule has 2 amide bonds. The lowest BCUT2D eigenvalue weighted by Gasteiger charge is -2.25. The molecule has 1 aromatic rings. The highest BCUT2D eigenvalue weighted by molar-refractivity contribution is 7.80. The molecule has 1 heterocycles. The summed E-state index contributed by atoms with van der Waals surface area (Å²) in [4.78, 5) is 26.1. The lowest BCUT2D eigenvalue weighted by Crippen LogP contribution is -2.48. The largest absolute Gasteiger partial charge is 0.344 e. The fourth-order valence-corrected chi connectivity index (χ4v) is 2.55. The fourth-order valence-electron chi connectivity index (χ4n) is 1.59. The number of nitrogens with zero attached hydrogens (tertiary/aromatic N) is 1. The molecule has 1 atom stereocenters. The lowest BCUT2D eigenvalue weighted by atomic mass is 10.2. The molecule has 1 rings (SSSR count). The molecule has 1 N–H and O–H groups in total. The molecule has 4 nitrogen and oxygen atoms in total. The molecule has 0 spiro atoms. The van der Waals surface area contributed by atoms with E-state index in [1.54, 1.807) is 16.2 Å². The van der Waals surface area contributed by atoms with Crippen LogP contribution in [0.5, 0.6) is 0 Å². The monoisotopic (exact) mass is 286 g/mol. The van der Waals surface area contributed by atoms with Crippen molar-refractivity contribution in [1.82, 2.24) is 10.2 Å². The number of amides is 2. The van der Waals surface area contributed by atoms with Crippen LogP contribution in [-0.2, 0) is 16.1 Å². The number of nitrogens with one attached hydrogen (secondary N) is 1. The van der Waals surface area contributed by atoms with E-state index in [1.807, 2.05) is 24.4 Å². The highest BCUT2D eigenvalue weighted by Gasteiger charge is 2.23. The molecule has 0 fully saturated rings. The fraction of sp³-hybridized carbons (Fsp3) is 0.500. The van der Waals surface area contributed by atoms with Crippen molar-refractivity contribution in [3.63, 3.8) is 0 Å². The van der Waals surface area contributed by atoms with E-state index in [4.69, 9.17) is 0 Å². The van der Waals surface area contributed by atoms with E-state index in [0.29, 0.717) is 18.8 Å². The zero-order valence-corrected chi connectivity index (χ0v) is 12.3. The van der Waals surface area contributed by atoms with Gasteiger partial charge in [-0.1, -0.05) is 6.07 Å². The SMILES string of the molecule is CCN(Cc1cccs1)C(=O)C(CS)NC(C)=O. The van der Waals surface area contributed by atoms with E-state index in [-0.39, 0.29) is 11.8 Å². The van der Waals surface area contributed by atoms with E-state index in [9.17, 15) is 9.59 Å². The van der Waals surface area contributed by atoms with Gasteiger partial charge in [-0.2, -0.15) is 12.6 Å². The summed E-state index contributed by atoms with van der Waals surface area (Å²) in [6.07, 6.45) is 0. The number of rotatable bonds is 6. The second-order valence-corrected chi connectivity index (χ2v) is 5.26. The van der Waals surface area contributed by atoms with Crippen LogP contribution in [0.3, 0.4) is 0 Å². The summed E-state index contributed by atoms with van der Waals surface area (Å²) in [5, 5.41) is 4.60. The standard InChI is InChI=1S/C12H18N2O2S2/c1-3-14(7-10-5-4-6-18-10)12(16)11(8-17)13-9(2)15/h4-6,11,17H,3,7-8H2,1-2H3,(H,13,15). The van der Waals surface area contributed by atoms with Crippen molar-refractivity contribution in [2.75, 3.05) is 12.3 Å². The molecule has 0 aromatic carbocycles. The van der Waals surface area contributed by atoms with Gasteiger partial charge < -0.3 is 10.2 Å². The first kappa shape index (κ1) is 15.0. The van der Waals surface area contributed by atoms with E-state index in [2.05, 4.69) is 17.9 Å². The van der Waals surface area contributed by atoms with Crippen LogP contribution < -0.4 is 5.32 Å². The van der Waals surface area contributed by atoms with E-state index in [0.717, 1.165) is 4.88 Å². The predicted molar refractivity (Wildman–Crippen MR) is 76.9 cm³/mol. The first-order valence-electron chi connectivity index (χ1n) is 5.77. The lowest BCUT2D eigenvalue weighted by molar-refractivity contribution is -0.135. The van der Waals surface area contributed by atoms with Crippen molar-refractivity contribution < 1.29 is 9.59 Å². The summed E-state index contributed by atoms with van der Waals surface area (Å²) in [6.45, 7) is 4.52. The molecule has 1 unspecified atom stereocenters. The van der Waals surface area contributed by atoms with Gasteiger partial charge in [0.05, 0.1) is 6.54 Å². The van der Waals surface area contributed by atoms with Gasteiger partial charge in [-0.25, -0.2) is 0 Å². The summed E-state index contributed by atoms with van der Waals surface area (Å²) in [7, 11) is 0. The molecule has 0 saturated heterocycles. The Kier molecular flexibility index (Phi) is 6.21. The van der Waals surface area contributed by atoms with Crippen molar-refractivity contribution in [2.45, 2.75) is 26.4 Å². The van der Waals surface area contributed by atoms with Gasteiger partial charge in [0.25, 0.3) is 0 Å². The number of thiol groups is 1. The molecule has 0 aliphatic heterocycles. The molecule has 6 heteroatoms. The minimum atomic E-state index is -0.550. The Morgan fingerprint density at radius 3 is 2.72 bits per heavy atom. The molecular formula is C12H18N2O2S2. The summed E-state index contributed by atoms with van der Waals surface area (Å²) >= 11 is 5.73. The molecule has 1 aromatic heterocycles. The van der Waals surface area contributed by atoms with Crippen LogP contribution >= 0.6 is 24.0 Å². The Balaban J connectivity index is 2.68. The maximum absolute atomic E-state index is 12.2. The summed E-state index contributed by atoms with van der Waals surface area (Å²) in [5.74, 6) is 0.00462. The van der Waals surface area contributed by atoms with Gasteiger partial charge >= 0.3 is 0 Å². The summed E-state index contributed by atoms with van der Waals surface area (Å²) < 4.78 is 0. The number of thiophene rings is 1. The summed E-state index contributed by atoms with van der Waals surface area (Å²) in [5.41, 5.74) is 0. The van der Waals surface area contributed by atoms with Gasteiger partial charge in [0, 0.05) is 24.1 Å². The number of carbonyl (C=O) groups excluding carboxylic acids is 2. The maximum atomic E-state index is 12.2. The number of carbonyl (C=O) groups is 2. The number of likely N-dealkylation sites (N-methyl/N-ethyl adjacent to an activating group) is 1. The molecule has 0 saturated carbocycles. The van der Waals surface area contributed by atoms with Crippen LogP contribution in [0.25, 0.3) is 0 Å². The third kappa shape index (κ3) is 4.34. The van der Waals surface area contributed by atoms with Crippen molar-refractivity contribution in [2.24, 2.45) is 0 Å². The van der Waals surface area contributed by atoms with E-state index < -0.39 is 6.04 Å². The van der Waals surface area contributed by atoms with Crippen LogP contribution in [-0.4, -0.2) is 35.1 Å². The highest BCUT2D eigenvalue weighted by Crippen LogP contribution is 2.12.